The molecule has 0 unspecified atom stereocenters. The van der Waals surface area contributed by atoms with E-state index < -0.39 is 11.9 Å². The van der Waals surface area contributed by atoms with Gasteiger partial charge in [0.2, 0.25) is 0 Å². The lowest BCUT2D eigenvalue weighted by Gasteiger charge is -2.28. The fourth-order valence-corrected chi connectivity index (χ4v) is 5.32. The summed E-state index contributed by atoms with van der Waals surface area (Å²) in [7, 11) is 0. The van der Waals surface area contributed by atoms with E-state index in [4.69, 9.17) is 14.2 Å². The molecule has 0 aliphatic carbocycles. The first-order valence-electron chi connectivity index (χ1n) is 7.09. The first-order chi connectivity index (χ1) is 9.18. The molecule has 2 fully saturated rings. The van der Waals surface area contributed by atoms with Crippen LogP contribution in [-0.4, -0.2) is 57.5 Å². The molecule has 2 rings (SSSR count). The van der Waals surface area contributed by atoms with Gasteiger partial charge in [-0.05, 0) is 34.6 Å². The molecule has 2 aliphatic heterocycles. The third-order valence-electron chi connectivity index (χ3n) is 3.15. The van der Waals surface area contributed by atoms with Crippen molar-refractivity contribution in [1.29, 1.82) is 0 Å². The Labute approximate surface area is 130 Å². The molecule has 3 atom stereocenters. The van der Waals surface area contributed by atoms with E-state index in [1.807, 2.05) is 58.1 Å². The van der Waals surface area contributed by atoms with E-state index in [-0.39, 0.29) is 24.4 Å². The van der Waals surface area contributed by atoms with Gasteiger partial charge in [-0.15, -0.1) is 23.5 Å². The van der Waals surface area contributed by atoms with Gasteiger partial charge < -0.3 is 19.3 Å². The summed E-state index contributed by atoms with van der Waals surface area (Å²) in [5.74, 6) is 1.63. The molecule has 20 heavy (non-hydrogen) atoms. The predicted molar refractivity (Wildman–Crippen MR) is 84.2 cm³/mol. The molecule has 0 bridgehead atoms. The van der Waals surface area contributed by atoms with Crippen LogP contribution < -0.4 is 0 Å². The minimum Gasteiger partial charge on any atom is -0.388 e. The molecule has 118 valence electrons. The lowest BCUT2D eigenvalue weighted by molar-refractivity contribution is -0.162. The van der Waals surface area contributed by atoms with E-state index in [9.17, 15) is 5.11 Å². The highest BCUT2D eigenvalue weighted by Gasteiger charge is 2.49. The average molecular weight is 322 g/mol. The van der Waals surface area contributed by atoms with Crippen LogP contribution in [0.3, 0.4) is 0 Å². The van der Waals surface area contributed by atoms with Crippen LogP contribution in [0.5, 0.6) is 0 Å². The molecule has 6 heteroatoms. The van der Waals surface area contributed by atoms with Crippen molar-refractivity contribution in [3.8, 4) is 0 Å². The molecular formula is C14H26O4S2. The number of aliphatic hydroxyl groups is 1. The van der Waals surface area contributed by atoms with Gasteiger partial charge in [0, 0.05) is 11.5 Å². The molecule has 0 saturated carbocycles. The molecule has 1 N–H and O–H groups in total. The van der Waals surface area contributed by atoms with Crippen molar-refractivity contribution in [2.75, 3.05) is 18.1 Å². The van der Waals surface area contributed by atoms with Crippen LogP contribution in [0, 0.1) is 0 Å². The highest BCUT2D eigenvalue weighted by molar-refractivity contribution is 8.20. The maximum absolute atomic E-state index is 10.4. The van der Waals surface area contributed by atoms with E-state index in [1.165, 1.54) is 0 Å². The van der Waals surface area contributed by atoms with E-state index in [0.717, 1.165) is 11.5 Å². The van der Waals surface area contributed by atoms with Crippen molar-refractivity contribution in [2.45, 2.75) is 68.9 Å². The largest absolute Gasteiger partial charge is 0.388 e. The normalized spacial score (nSPS) is 32.7. The van der Waals surface area contributed by atoms with Crippen LogP contribution in [-0.2, 0) is 14.2 Å². The van der Waals surface area contributed by atoms with Gasteiger partial charge in [0.25, 0.3) is 0 Å². The lowest BCUT2D eigenvalue weighted by atomic mass is 10.1. The second-order valence-electron chi connectivity index (χ2n) is 6.67. The van der Waals surface area contributed by atoms with Crippen LogP contribution in [0.2, 0.25) is 0 Å². The molecule has 0 amide bonds. The van der Waals surface area contributed by atoms with Crippen molar-refractivity contribution >= 4 is 23.5 Å². The number of aliphatic hydroxyl groups excluding tert-OH is 1. The third kappa shape index (κ3) is 4.52. The highest BCUT2D eigenvalue weighted by atomic mass is 32.2. The summed E-state index contributed by atoms with van der Waals surface area (Å²) in [5, 5.41) is 10.4. The molecule has 0 aromatic heterocycles. The summed E-state index contributed by atoms with van der Waals surface area (Å²) < 4.78 is 18.0. The van der Waals surface area contributed by atoms with Crippen LogP contribution in [0.1, 0.15) is 34.6 Å². The standard InChI is InChI=1S/C14H26O4S2/c1-13(2,3)16-8-9(15)10-11(12-19-6-7-20-12)18-14(4,5)17-10/h9-12,15H,6-8H2,1-5H3/t9-,10+,11+/m1/s1. The number of thioether (sulfide) groups is 2. The molecule has 0 aromatic carbocycles. The Bertz CT molecular complexity index is 324. The fraction of sp³-hybridized carbons (Fsp3) is 1.00. The number of hydrogen-bond acceptors (Lipinski definition) is 6. The monoisotopic (exact) mass is 322 g/mol. The topological polar surface area (TPSA) is 47.9 Å². The summed E-state index contributed by atoms with van der Waals surface area (Å²) in [4.78, 5) is 0. The molecule has 4 nitrogen and oxygen atoms in total. The first kappa shape index (κ1) is 16.9. The summed E-state index contributed by atoms with van der Waals surface area (Å²) in [6.45, 7) is 10.0. The Kier molecular flexibility index (Phi) is 5.36. The molecule has 0 radical (unpaired) electrons. The highest BCUT2D eigenvalue weighted by Crippen LogP contribution is 2.43. The molecule has 2 heterocycles. The Morgan fingerprint density at radius 2 is 1.85 bits per heavy atom. The predicted octanol–water partition coefficient (Wildman–Crippen LogP) is 2.49. The number of hydrogen-bond donors (Lipinski definition) is 1. The minimum absolute atomic E-state index is 0.0823. The van der Waals surface area contributed by atoms with Crippen molar-refractivity contribution < 1.29 is 19.3 Å². The summed E-state index contributed by atoms with van der Waals surface area (Å²) in [6.07, 6.45) is -1.07. The number of rotatable bonds is 4. The number of ether oxygens (including phenoxy) is 3. The van der Waals surface area contributed by atoms with Crippen molar-refractivity contribution in [3.63, 3.8) is 0 Å². The van der Waals surface area contributed by atoms with Crippen LogP contribution >= 0.6 is 23.5 Å². The smallest absolute Gasteiger partial charge is 0.163 e. The van der Waals surface area contributed by atoms with Gasteiger partial charge in [-0.1, -0.05) is 0 Å². The van der Waals surface area contributed by atoms with E-state index in [0.29, 0.717) is 4.58 Å². The van der Waals surface area contributed by atoms with Gasteiger partial charge in [0.05, 0.1) is 16.8 Å². The Hall–Kier alpha value is 0.540. The molecule has 2 aliphatic rings. The summed E-state index contributed by atoms with van der Waals surface area (Å²) in [6, 6.07) is 0. The van der Waals surface area contributed by atoms with Gasteiger partial charge in [-0.25, -0.2) is 0 Å². The molecule has 2 saturated heterocycles. The lowest BCUT2D eigenvalue weighted by Crippen LogP contribution is -2.43. The molecular weight excluding hydrogens is 296 g/mol. The van der Waals surface area contributed by atoms with Gasteiger partial charge in [0.1, 0.15) is 18.3 Å². The van der Waals surface area contributed by atoms with Crippen molar-refractivity contribution in [2.24, 2.45) is 0 Å². The molecule has 0 aromatic rings. The van der Waals surface area contributed by atoms with E-state index in [2.05, 4.69) is 0 Å². The third-order valence-corrected chi connectivity index (χ3v) is 6.29. The van der Waals surface area contributed by atoms with E-state index >= 15 is 0 Å². The maximum Gasteiger partial charge on any atom is 0.163 e. The second kappa shape index (κ2) is 6.34. The Morgan fingerprint density at radius 3 is 2.40 bits per heavy atom. The van der Waals surface area contributed by atoms with Gasteiger partial charge >= 0.3 is 0 Å². The van der Waals surface area contributed by atoms with Crippen LogP contribution in [0.25, 0.3) is 0 Å². The molecule has 0 spiro atoms. The summed E-state index contributed by atoms with van der Waals surface area (Å²) >= 11 is 3.78. The zero-order chi connectivity index (χ0) is 15.0. The first-order valence-corrected chi connectivity index (χ1v) is 9.19. The van der Waals surface area contributed by atoms with Gasteiger partial charge in [0.15, 0.2) is 5.79 Å². The maximum atomic E-state index is 10.4. The van der Waals surface area contributed by atoms with Crippen molar-refractivity contribution in [3.05, 3.63) is 0 Å². The zero-order valence-electron chi connectivity index (χ0n) is 12.9. The van der Waals surface area contributed by atoms with Gasteiger partial charge in [-0.2, -0.15) is 0 Å². The average Bonchev–Trinajstić information content (AvgIpc) is 2.91. The summed E-state index contributed by atoms with van der Waals surface area (Å²) in [5.41, 5.74) is -0.262. The SMILES string of the molecule is CC(C)(C)OC[C@@H](O)[C@@H]1OC(C)(C)O[C@@H]1C1SCCS1. The van der Waals surface area contributed by atoms with Crippen LogP contribution in [0.15, 0.2) is 0 Å². The van der Waals surface area contributed by atoms with Crippen molar-refractivity contribution in [1.82, 2.24) is 0 Å². The van der Waals surface area contributed by atoms with E-state index in [1.54, 1.807) is 0 Å². The zero-order valence-corrected chi connectivity index (χ0v) is 14.6. The Balaban J connectivity index is 1.99. The minimum atomic E-state index is -0.664. The van der Waals surface area contributed by atoms with Gasteiger partial charge in [-0.3, -0.25) is 0 Å². The quantitative estimate of drug-likeness (QED) is 0.858. The second-order valence-corrected chi connectivity index (χ2v) is 9.46. The van der Waals surface area contributed by atoms with Crippen LogP contribution in [0.4, 0.5) is 0 Å². The Morgan fingerprint density at radius 1 is 1.25 bits per heavy atom. The fourth-order valence-electron chi connectivity index (χ4n) is 2.32.